The van der Waals surface area contributed by atoms with Crippen molar-refractivity contribution in [1.82, 2.24) is 14.8 Å². The van der Waals surface area contributed by atoms with Crippen LogP contribution in [-0.2, 0) is 22.9 Å². The Bertz CT molecular complexity index is 1500. The van der Waals surface area contributed by atoms with Crippen molar-refractivity contribution in [2.75, 3.05) is 5.32 Å². The summed E-state index contributed by atoms with van der Waals surface area (Å²) in [5.41, 5.74) is -2.43. The lowest BCUT2D eigenvalue weighted by molar-refractivity contribution is -0.275. The molecule has 0 aliphatic carbocycles. The second-order valence-corrected chi connectivity index (χ2v) is 9.65. The normalized spacial score (nSPS) is 17.4. The molecule has 2 heterocycles. The minimum Gasteiger partial charge on any atom is -0.374 e. The van der Waals surface area contributed by atoms with Crippen LogP contribution in [0, 0.1) is 19.3 Å². The molecule has 14 heteroatoms. The number of carbonyl (C=O) groups is 1. The lowest BCUT2D eigenvalue weighted by atomic mass is 9.86. The van der Waals surface area contributed by atoms with E-state index in [1.165, 1.54) is 24.3 Å². The van der Waals surface area contributed by atoms with Gasteiger partial charge < -0.3 is 4.84 Å². The molecule has 1 N–H and O–H groups in total. The third-order valence-corrected chi connectivity index (χ3v) is 6.29. The van der Waals surface area contributed by atoms with E-state index in [-0.39, 0.29) is 44.9 Å². The molecule has 1 unspecified atom stereocenters. The lowest BCUT2D eigenvalue weighted by Crippen LogP contribution is -2.42. The number of terminal acetylenes is 1. The Hall–Kier alpha value is -3.69. The van der Waals surface area contributed by atoms with Crippen molar-refractivity contribution in [1.29, 1.82) is 0 Å². The zero-order valence-electron chi connectivity index (χ0n) is 20.2. The Morgan fingerprint density at radius 3 is 2.41 bits per heavy atom. The molecule has 3 aromatic rings. The van der Waals surface area contributed by atoms with Crippen molar-refractivity contribution < 1.29 is 31.6 Å². The number of hydrogen-bond acceptors (Lipinski definition) is 5. The Kier molecular flexibility index (Phi) is 7.35. The maximum absolute atomic E-state index is 14.3. The number of hydrogen-bond donors (Lipinski definition) is 1. The molecule has 0 fully saturated rings. The van der Waals surface area contributed by atoms with Crippen molar-refractivity contribution >= 4 is 40.8 Å². The van der Waals surface area contributed by atoms with Crippen molar-refractivity contribution in [3.8, 4) is 12.3 Å². The van der Waals surface area contributed by atoms with E-state index in [1.54, 1.807) is 6.92 Å². The summed E-state index contributed by atoms with van der Waals surface area (Å²) in [6.07, 6.45) is -0.365. The minimum atomic E-state index is -4.87. The molecular formula is C25H18Cl2F5N5O2. The van der Waals surface area contributed by atoms with E-state index in [2.05, 4.69) is 26.5 Å². The number of oxime groups is 1. The van der Waals surface area contributed by atoms with E-state index in [0.29, 0.717) is 12.5 Å². The van der Waals surface area contributed by atoms with Crippen molar-refractivity contribution in [3.05, 3.63) is 74.5 Å². The summed E-state index contributed by atoms with van der Waals surface area (Å²) in [6, 6.07) is 7.69. The fourth-order valence-corrected chi connectivity index (χ4v) is 4.55. The number of nitrogens with zero attached hydrogens (tertiary/aromatic N) is 4. The van der Waals surface area contributed by atoms with Gasteiger partial charge in [-0.25, -0.2) is 4.68 Å². The highest BCUT2D eigenvalue weighted by Crippen LogP contribution is 2.49. The molecule has 0 radical (unpaired) electrons. The number of anilines is 1. The van der Waals surface area contributed by atoms with Crippen LogP contribution in [0.5, 0.6) is 0 Å². The van der Waals surface area contributed by atoms with Crippen LogP contribution >= 0.6 is 23.2 Å². The highest BCUT2D eigenvalue weighted by molar-refractivity contribution is 6.34. The van der Waals surface area contributed by atoms with Crippen LogP contribution in [0.2, 0.25) is 10.0 Å². The standard InChI is InChI=1S/C25H18Cl2F5N5O2/c1-4-7-37-21(23(3,28)29)34-22(35-37)33-20(38)18-6-5-14(8-13(18)2)19-12-24(39-36-19,25(30,31)32)15-9-16(26)11-17(27)10-15/h1,5-6,8-11H,7,12H2,2-3H3,(H,33,35,38). The third kappa shape index (κ3) is 5.55. The monoisotopic (exact) mass is 585 g/mol. The second-order valence-electron chi connectivity index (χ2n) is 8.78. The minimum absolute atomic E-state index is 0.00206. The van der Waals surface area contributed by atoms with Gasteiger partial charge in [-0.2, -0.15) is 26.9 Å². The van der Waals surface area contributed by atoms with Gasteiger partial charge in [-0.3, -0.25) is 10.1 Å². The molecule has 1 atom stereocenters. The van der Waals surface area contributed by atoms with Crippen LogP contribution in [0.3, 0.4) is 0 Å². The van der Waals surface area contributed by atoms with Gasteiger partial charge in [0.2, 0.25) is 5.95 Å². The number of benzene rings is 2. The molecule has 1 aromatic heterocycles. The van der Waals surface area contributed by atoms with Gasteiger partial charge in [0.05, 0.1) is 5.71 Å². The first-order valence-electron chi connectivity index (χ1n) is 11.1. The van der Waals surface area contributed by atoms with Crippen LogP contribution < -0.4 is 5.32 Å². The highest BCUT2D eigenvalue weighted by atomic mass is 35.5. The Balaban J connectivity index is 1.58. The number of amides is 1. The fourth-order valence-electron chi connectivity index (χ4n) is 4.03. The summed E-state index contributed by atoms with van der Waals surface area (Å²) in [6.45, 7) is 1.86. The summed E-state index contributed by atoms with van der Waals surface area (Å²) in [7, 11) is 0. The summed E-state index contributed by atoms with van der Waals surface area (Å²) < 4.78 is 71.2. The van der Waals surface area contributed by atoms with Crippen molar-refractivity contribution in [2.45, 2.75) is 44.5 Å². The van der Waals surface area contributed by atoms with Gasteiger partial charge >= 0.3 is 12.1 Å². The molecule has 204 valence electrons. The maximum atomic E-state index is 14.3. The van der Waals surface area contributed by atoms with Crippen LogP contribution in [0.1, 0.15) is 46.2 Å². The number of aromatic nitrogens is 3. The molecule has 4 rings (SSSR count). The molecule has 7 nitrogen and oxygen atoms in total. The number of rotatable bonds is 6. The van der Waals surface area contributed by atoms with E-state index in [9.17, 15) is 26.7 Å². The predicted octanol–water partition coefficient (Wildman–Crippen LogP) is 6.47. The average molecular weight is 586 g/mol. The zero-order chi connectivity index (χ0) is 28.8. The quantitative estimate of drug-likeness (QED) is 0.265. The summed E-state index contributed by atoms with van der Waals surface area (Å²) in [4.78, 5) is 21.5. The SMILES string of the molecule is C#CCn1nc(NC(=O)c2ccc(C3=NOC(c4cc(Cl)cc(Cl)c4)(C(F)(F)F)C3)cc2C)nc1C(C)(F)F. The molecule has 0 bridgehead atoms. The number of nitrogens with one attached hydrogen (secondary N) is 1. The molecule has 0 saturated carbocycles. The van der Waals surface area contributed by atoms with Gasteiger partial charge in [-0.05, 0) is 48.4 Å². The topological polar surface area (TPSA) is 81.4 Å². The summed E-state index contributed by atoms with van der Waals surface area (Å²) >= 11 is 11.9. The molecule has 39 heavy (non-hydrogen) atoms. The molecule has 2 aromatic carbocycles. The van der Waals surface area contributed by atoms with Crippen LogP contribution in [-0.4, -0.2) is 32.6 Å². The summed E-state index contributed by atoms with van der Waals surface area (Å²) in [5, 5.41) is 9.84. The highest BCUT2D eigenvalue weighted by Gasteiger charge is 2.62. The van der Waals surface area contributed by atoms with Crippen molar-refractivity contribution in [2.24, 2.45) is 5.16 Å². The molecule has 1 amide bonds. The Labute approximate surface area is 228 Å². The smallest absolute Gasteiger partial charge is 0.374 e. The van der Waals surface area contributed by atoms with E-state index in [1.807, 2.05) is 0 Å². The maximum Gasteiger partial charge on any atom is 0.435 e. The average Bonchev–Trinajstić information content (AvgIpc) is 3.44. The Morgan fingerprint density at radius 2 is 1.85 bits per heavy atom. The molecule has 0 saturated heterocycles. The van der Waals surface area contributed by atoms with Crippen LogP contribution in [0.4, 0.5) is 27.9 Å². The first kappa shape index (κ1) is 28.3. The van der Waals surface area contributed by atoms with E-state index < -0.39 is 35.9 Å². The van der Waals surface area contributed by atoms with E-state index in [0.717, 1.165) is 16.8 Å². The van der Waals surface area contributed by atoms with Gasteiger partial charge in [0.15, 0.2) is 5.82 Å². The fraction of sp³-hybridized carbons (Fsp3) is 0.280. The van der Waals surface area contributed by atoms with Gasteiger partial charge in [-0.15, -0.1) is 11.5 Å². The third-order valence-electron chi connectivity index (χ3n) is 5.85. The zero-order valence-corrected chi connectivity index (χ0v) is 21.7. The van der Waals surface area contributed by atoms with Gasteiger partial charge in [0, 0.05) is 34.5 Å². The lowest BCUT2D eigenvalue weighted by Gasteiger charge is -2.29. The van der Waals surface area contributed by atoms with Gasteiger partial charge in [0.1, 0.15) is 6.54 Å². The van der Waals surface area contributed by atoms with Crippen molar-refractivity contribution in [3.63, 3.8) is 0 Å². The number of alkyl halides is 5. The van der Waals surface area contributed by atoms with E-state index >= 15 is 0 Å². The molecule has 1 aliphatic heterocycles. The molecule has 1 aliphatic rings. The number of carbonyl (C=O) groups excluding carboxylic acids is 1. The number of halogens is 7. The largest absolute Gasteiger partial charge is 0.435 e. The van der Waals surface area contributed by atoms with Crippen LogP contribution in [0.25, 0.3) is 0 Å². The Morgan fingerprint density at radius 1 is 1.18 bits per heavy atom. The summed E-state index contributed by atoms with van der Waals surface area (Å²) in [5.74, 6) is -3.03. The first-order chi connectivity index (χ1) is 18.1. The van der Waals surface area contributed by atoms with Gasteiger partial charge in [0.25, 0.3) is 11.5 Å². The molecule has 0 spiro atoms. The number of aryl methyl sites for hydroxylation is 1. The first-order valence-corrected chi connectivity index (χ1v) is 11.9. The van der Waals surface area contributed by atoms with Crippen LogP contribution in [0.15, 0.2) is 41.6 Å². The predicted molar refractivity (Wildman–Crippen MR) is 134 cm³/mol. The molecular weight excluding hydrogens is 568 g/mol. The van der Waals surface area contributed by atoms with Gasteiger partial charge in [-0.1, -0.05) is 40.3 Å². The van der Waals surface area contributed by atoms with E-state index in [4.69, 9.17) is 34.5 Å². The second kappa shape index (κ2) is 10.1.